The van der Waals surface area contributed by atoms with Crippen molar-refractivity contribution in [1.82, 2.24) is 4.98 Å². The van der Waals surface area contributed by atoms with Gasteiger partial charge in [-0.2, -0.15) is 8.78 Å². The summed E-state index contributed by atoms with van der Waals surface area (Å²) in [5.41, 5.74) is 1.02. The van der Waals surface area contributed by atoms with E-state index in [-0.39, 0.29) is 24.6 Å². The summed E-state index contributed by atoms with van der Waals surface area (Å²) in [6.07, 6.45) is 1.84. The summed E-state index contributed by atoms with van der Waals surface area (Å²) >= 11 is 0.378. The molecule has 0 unspecified atom stereocenters. The number of carbonyl (C=O) groups is 1. The minimum absolute atomic E-state index is 0.0804. The first kappa shape index (κ1) is 19.0. The van der Waals surface area contributed by atoms with Gasteiger partial charge in [-0.25, -0.2) is 9.37 Å². The van der Waals surface area contributed by atoms with Crippen LogP contribution in [0.5, 0.6) is 0 Å². The number of hydrogen-bond acceptors (Lipinski definition) is 4. The zero-order valence-corrected chi connectivity index (χ0v) is 14.8. The number of alkyl halides is 2. The SMILES string of the molecule is O=C(CCc1ncc(-c2ccc(F)cc2)o1)Nc1ccccc1SC(F)F. The summed E-state index contributed by atoms with van der Waals surface area (Å²) in [5, 5.41) is 2.63. The number of aryl methyl sites for hydroxylation is 1. The highest BCUT2D eigenvalue weighted by Crippen LogP contribution is 2.31. The van der Waals surface area contributed by atoms with E-state index in [0.717, 1.165) is 0 Å². The highest BCUT2D eigenvalue weighted by atomic mass is 32.2. The van der Waals surface area contributed by atoms with Crippen LogP contribution in [0.1, 0.15) is 12.3 Å². The van der Waals surface area contributed by atoms with Gasteiger partial charge in [-0.05, 0) is 36.4 Å². The Balaban J connectivity index is 1.58. The van der Waals surface area contributed by atoms with E-state index in [4.69, 9.17) is 4.42 Å². The molecule has 3 aromatic rings. The summed E-state index contributed by atoms with van der Waals surface area (Å²) in [5.74, 6) is -2.41. The van der Waals surface area contributed by atoms with Crippen LogP contribution >= 0.6 is 11.8 Å². The van der Waals surface area contributed by atoms with E-state index in [1.165, 1.54) is 24.4 Å². The van der Waals surface area contributed by atoms with Crippen LogP contribution in [0.3, 0.4) is 0 Å². The Hall–Kier alpha value is -2.74. The summed E-state index contributed by atoms with van der Waals surface area (Å²) in [6, 6.07) is 12.2. The molecule has 0 atom stereocenters. The number of oxazole rings is 1. The number of hydrogen-bond donors (Lipinski definition) is 1. The zero-order chi connectivity index (χ0) is 19.2. The third kappa shape index (κ3) is 5.37. The fraction of sp³-hybridized carbons (Fsp3) is 0.158. The zero-order valence-electron chi connectivity index (χ0n) is 14.0. The minimum Gasteiger partial charge on any atom is -0.441 e. The number of rotatable bonds is 7. The average Bonchev–Trinajstić information content (AvgIpc) is 3.11. The number of carbonyl (C=O) groups excluding carboxylic acids is 1. The number of para-hydroxylation sites is 1. The van der Waals surface area contributed by atoms with Crippen LogP contribution in [0.4, 0.5) is 18.9 Å². The Labute approximate surface area is 157 Å². The largest absolute Gasteiger partial charge is 0.441 e. The molecule has 0 saturated heterocycles. The first-order chi connectivity index (χ1) is 13.0. The van der Waals surface area contributed by atoms with Crippen LogP contribution in [0.25, 0.3) is 11.3 Å². The highest BCUT2D eigenvalue weighted by Gasteiger charge is 2.13. The number of halogens is 3. The maximum atomic E-state index is 13.0. The molecule has 0 aliphatic heterocycles. The fourth-order valence-corrected chi connectivity index (χ4v) is 2.97. The van der Waals surface area contributed by atoms with Gasteiger partial charge < -0.3 is 9.73 Å². The monoisotopic (exact) mass is 392 g/mol. The van der Waals surface area contributed by atoms with E-state index in [1.807, 2.05) is 0 Å². The number of aromatic nitrogens is 1. The van der Waals surface area contributed by atoms with Gasteiger partial charge in [0.2, 0.25) is 5.91 Å². The lowest BCUT2D eigenvalue weighted by Crippen LogP contribution is -2.13. The molecule has 1 amide bonds. The molecule has 0 aliphatic rings. The smallest absolute Gasteiger partial charge is 0.288 e. The van der Waals surface area contributed by atoms with Gasteiger partial charge in [0.15, 0.2) is 11.7 Å². The Morgan fingerprint density at radius 1 is 1.15 bits per heavy atom. The molecule has 1 heterocycles. The predicted octanol–water partition coefficient (Wildman–Crippen LogP) is 5.37. The van der Waals surface area contributed by atoms with E-state index in [2.05, 4.69) is 10.3 Å². The summed E-state index contributed by atoms with van der Waals surface area (Å²) in [7, 11) is 0. The van der Waals surface area contributed by atoms with Crippen molar-refractivity contribution in [1.29, 1.82) is 0 Å². The fourth-order valence-electron chi connectivity index (χ4n) is 2.38. The number of anilines is 1. The maximum Gasteiger partial charge on any atom is 0.288 e. The van der Waals surface area contributed by atoms with Gasteiger partial charge in [0.05, 0.1) is 11.9 Å². The second-order valence-electron chi connectivity index (χ2n) is 5.55. The molecule has 0 fully saturated rings. The second kappa shape index (κ2) is 8.77. The Morgan fingerprint density at radius 2 is 1.89 bits per heavy atom. The Bertz CT molecular complexity index is 913. The number of benzene rings is 2. The van der Waals surface area contributed by atoms with Crippen LogP contribution in [-0.4, -0.2) is 16.6 Å². The molecule has 140 valence electrons. The highest BCUT2D eigenvalue weighted by molar-refractivity contribution is 7.99. The molecular formula is C19H15F3N2O2S. The third-order valence-electron chi connectivity index (χ3n) is 3.63. The number of thioether (sulfide) groups is 1. The van der Waals surface area contributed by atoms with Crippen molar-refractivity contribution < 1.29 is 22.4 Å². The van der Waals surface area contributed by atoms with Crippen molar-refractivity contribution in [2.24, 2.45) is 0 Å². The van der Waals surface area contributed by atoms with Gasteiger partial charge in [-0.1, -0.05) is 23.9 Å². The molecule has 0 saturated carbocycles. The normalized spacial score (nSPS) is 11.0. The summed E-state index contributed by atoms with van der Waals surface area (Å²) < 4.78 is 43.7. The molecule has 0 aliphatic carbocycles. The van der Waals surface area contributed by atoms with Gasteiger partial charge in [0.1, 0.15) is 5.82 Å². The number of nitrogens with one attached hydrogen (secondary N) is 1. The van der Waals surface area contributed by atoms with Crippen molar-refractivity contribution in [3.63, 3.8) is 0 Å². The lowest BCUT2D eigenvalue weighted by atomic mass is 10.2. The average molecular weight is 392 g/mol. The van der Waals surface area contributed by atoms with Crippen molar-refractivity contribution in [3.8, 4) is 11.3 Å². The molecule has 8 heteroatoms. The quantitative estimate of drug-likeness (QED) is 0.550. The summed E-state index contributed by atoms with van der Waals surface area (Å²) in [4.78, 5) is 16.5. The van der Waals surface area contributed by atoms with Crippen LogP contribution in [0.15, 0.2) is 64.0 Å². The molecule has 3 rings (SSSR count). The first-order valence-electron chi connectivity index (χ1n) is 8.05. The molecule has 1 aromatic heterocycles. The number of nitrogens with zero attached hydrogens (tertiary/aromatic N) is 1. The maximum absolute atomic E-state index is 13.0. The van der Waals surface area contributed by atoms with Gasteiger partial charge in [-0.15, -0.1) is 0 Å². The lowest BCUT2D eigenvalue weighted by Gasteiger charge is -2.09. The number of amides is 1. The van der Waals surface area contributed by atoms with Crippen LogP contribution < -0.4 is 5.32 Å². The van der Waals surface area contributed by atoms with Crippen molar-refractivity contribution in [2.45, 2.75) is 23.5 Å². The molecular weight excluding hydrogens is 377 g/mol. The lowest BCUT2D eigenvalue weighted by molar-refractivity contribution is -0.116. The Kier molecular flexibility index (Phi) is 6.18. The molecule has 0 radical (unpaired) electrons. The van der Waals surface area contributed by atoms with Crippen LogP contribution in [0.2, 0.25) is 0 Å². The molecule has 4 nitrogen and oxygen atoms in total. The second-order valence-corrected chi connectivity index (χ2v) is 6.58. The molecule has 27 heavy (non-hydrogen) atoms. The third-order valence-corrected chi connectivity index (χ3v) is 4.41. The van der Waals surface area contributed by atoms with E-state index in [0.29, 0.717) is 39.6 Å². The molecule has 0 spiro atoms. The van der Waals surface area contributed by atoms with Crippen molar-refractivity contribution >= 4 is 23.4 Å². The van der Waals surface area contributed by atoms with Crippen LogP contribution in [0, 0.1) is 5.82 Å². The van der Waals surface area contributed by atoms with Gasteiger partial charge in [0, 0.05) is 23.3 Å². The predicted molar refractivity (Wildman–Crippen MR) is 97.2 cm³/mol. The van der Waals surface area contributed by atoms with Crippen LogP contribution in [-0.2, 0) is 11.2 Å². The summed E-state index contributed by atoms with van der Waals surface area (Å²) in [6.45, 7) is 0. The topological polar surface area (TPSA) is 55.1 Å². The molecule has 1 N–H and O–H groups in total. The van der Waals surface area contributed by atoms with Crippen molar-refractivity contribution in [3.05, 3.63) is 66.4 Å². The molecule has 0 bridgehead atoms. The van der Waals surface area contributed by atoms with Gasteiger partial charge in [-0.3, -0.25) is 4.79 Å². The molecule has 2 aromatic carbocycles. The van der Waals surface area contributed by atoms with E-state index < -0.39 is 5.76 Å². The van der Waals surface area contributed by atoms with E-state index in [9.17, 15) is 18.0 Å². The van der Waals surface area contributed by atoms with E-state index in [1.54, 1.807) is 30.3 Å². The standard InChI is InChI=1S/C19H15F3N2O2S/c20-13-7-5-12(6-8-13)15-11-23-18(26-15)10-9-17(25)24-14-3-1-2-4-16(14)27-19(21)22/h1-8,11,19H,9-10H2,(H,24,25). The Morgan fingerprint density at radius 3 is 2.63 bits per heavy atom. The van der Waals surface area contributed by atoms with E-state index >= 15 is 0 Å². The minimum atomic E-state index is -2.57. The first-order valence-corrected chi connectivity index (χ1v) is 8.93. The van der Waals surface area contributed by atoms with Gasteiger partial charge >= 0.3 is 0 Å². The van der Waals surface area contributed by atoms with Gasteiger partial charge in [0.25, 0.3) is 5.76 Å². The van der Waals surface area contributed by atoms with Crippen molar-refractivity contribution in [2.75, 3.05) is 5.32 Å².